The maximum absolute atomic E-state index is 12.0. The topological polar surface area (TPSA) is 58.4 Å². The predicted molar refractivity (Wildman–Crippen MR) is 80.6 cm³/mol. The molecule has 3 N–H and O–H groups in total. The van der Waals surface area contributed by atoms with Crippen molar-refractivity contribution in [2.75, 3.05) is 25.0 Å². The summed E-state index contributed by atoms with van der Waals surface area (Å²) in [6.07, 6.45) is 1.10. The van der Waals surface area contributed by atoms with E-state index in [0.29, 0.717) is 12.1 Å². The highest BCUT2D eigenvalue weighted by Gasteiger charge is 2.19. The van der Waals surface area contributed by atoms with Crippen LogP contribution < -0.4 is 16.0 Å². The van der Waals surface area contributed by atoms with E-state index < -0.39 is 0 Å². The molecule has 1 amide bonds. The number of benzene rings is 1. The van der Waals surface area contributed by atoms with E-state index in [-0.39, 0.29) is 11.4 Å². The van der Waals surface area contributed by atoms with Gasteiger partial charge in [0.2, 0.25) is 0 Å². The number of nitrogens with two attached hydrogens (primary N) is 1. The van der Waals surface area contributed by atoms with Gasteiger partial charge >= 0.3 is 0 Å². The summed E-state index contributed by atoms with van der Waals surface area (Å²) in [6, 6.07) is 7.65. The van der Waals surface area contributed by atoms with Gasteiger partial charge in [0.25, 0.3) is 5.91 Å². The maximum Gasteiger partial charge on any atom is 0.251 e. The minimum absolute atomic E-state index is 0.0832. The van der Waals surface area contributed by atoms with Crippen molar-refractivity contribution in [1.29, 1.82) is 0 Å². The summed E-state index contributed by atoms with van der Waals surface area (Å²) in [7, 11) is 2.05. The number of hydrogen-bond donors (Lipinski definition) is 2. The molecule has 0 atom stereocenters. The van der Waals surface area contributed by atoms with Crippen LogP contribution in [-0.4, -0.2) is 31.6 Å². The second-order valence-corrected chi connectivity index (χ2v) is 5.51. The van der Waals surface area contributed by atoms with Crippen molar-refractivity contribution in [2.45, 2.75) is 32.7 Å². The molecule has 0 spiro atoms. The largest absolute Gasteiger partial charge is 0.375 e. The fourth-order valence-electron chi connectivity index (χ4n) is 1.76. The second kappa shape index (κ2) is 6.57. The molecular weight excluding hydrogens is 238 g/mol. The molecule has 0 heterocycles. The molecular formula is C15H25N3O. The lowest BCUT2D eigenvalue weighted by Gasteiger charge is -2.24. The van der Waals surface area contributed by atoms with Crippen molar-refractivity contribution in [1.82, 2.24) is 5.32 Å². The highest BCUT2D eigenvalue weighted by atomic mass is 16.1. The average Bonchev–Trinajstić information content (AvgIpc) is 2.38. The first kappa shape index (κ1) is 15.5. The molecule has 4 heteroatoms. The highest BCUT2D eigenvalue weighted by molar-refractivity contribution is 5.95. The number of nitrogens with zero attached hydrogens (tertiary/aromatic N) is 1. The van der Waals surface area contributed by atoms with Gasteiger partial charge in [0.1, 0.15) is 0 Å². The lowest BCUT2D eigenvalue weighted by atomic mass is 10.1. The Morgan fingerprint density at radius 1 is 1.32 bits per heavy atom. The molecule has 0 aromatic heterocycles. The van der Waals surface area contributed by atoms with Crippen LogP contribution in [0.5, 0.6) is 0 Å². The van der Waals surface area contributed by atoms with Gasteiger partial charge in [0, 0.05) is 36.9 Å². The van der Waals surface area contributed by atoms with E-state index in [9.17, 15) is 4.79 Å². The van der Waals surface area contributed by atoms with Crippen LogP contribution in [0, 0.1) is 0 Å². The molecule has 0 fully saturated rings. The Morgan fingerprint density at radius 2 is 1.89 bits per heavy atom. The zero-order valence-electron chi connectivity index (χ0n) is 12.4. The van der Waals surface area contributed by atoms with Gasteiger partial charge in [-0.1, -0.05) is 6.92 Å². The van der Waals surface area contributed by atoms with Crippen LogP contribution >= 0.6 is 0 Å². The number of anilines is 1. The van der Waals surface area contributed by atoms with Crippen molar-refractivity contribution >= 4 is 11.6 Å². The van der Waals surface area contributed by atoms with Crippen LogP contribution in [-0.2, 0) is 0 Å². The van der Waals surface area contributed by atoms with Crippen LogP contribution in [0.15, 0.2) is 24.3 Å². The van der Waals surface area contributed by atoms with Crippen molar-refractivity contribution in [3.05, 3.63) is 29.8 Å². The first-order valence-electron chi connectivity index (χ1n) is 6.73. The molecule has 1 rings (SSSR count). The Balaban J connectivity index is 2.73. The SMILES string of the molecule is CCCN(C)c1ccc(C(=O)NC(C)(C)CN)cc1. The Hall–Kier alpha value is -1.55. The van der Waals surface area contributed by atoms with Gasteiger partial charge in [-0.25, -0.2) is 0 Å². The smallest absolute Gasteiger partial charge is 0.251 e. The first-order chi connectivity index (χ1) is 8.89. The molecule has 4 nitrogen and oxygen atoms in total. The first-order valence-corrected chi connectivity index (χ1v) is 6.73. The Bertz CT molecular complexity index is 412. The maximum atomic E-state index is 12.0. The summed E-state index contributed by atoms with van der Waals surface area (Å²) in [5.74, 6) is -0.0832. The lowest BCUT2D eigenvalue weighted by molar-refractivity contribution is 0.0916. The molecule has 0 aliphatic carbocycles. The highest BCUT2D eigenvalue weighted by Crippen LogP contribution is 2.14. The summed E-state index contributed by atoms with van der Waals surface area (Å²) in [6.45, 7) is 7.39. The molecule has 106 valence electrons. The van der Waals surface area contributed by atoms with E-state index in [2.05, 4.69) is 24.2 Å². The average molecular weight is 263 g/mol. The summed E-state index contributed by atoms with van der Waals surface area (Å²) in [4.78, 5) is 14.2. The summed E-state index contributed by atoms with van der Waals surface area (Å²) < 4.78 is 0. The molecule has 1 aromatic carbocycles. The van der Waals surface area contributed by atoms with E-state index in [4.69, 9.17) is 5.73 Å². The van der Waals surface area contributed by atoms with Gasteiger partial charge in [0.05, 0.1) is 0 Å². The molecule has 0 aliphatic heterocycles. The third-order valence-electron chi connectivity index (χ3n) is 3.09. The number of carbonyl (C=O) groups is 1. The van der Waals surface area contributed by atoms with Gasteiger partial charge in [-0.2, -0.15) is 0 Å². The van der Waals surface area contributed by atoms with Crippen molar-refractivity contribution in [3.63, 3.8) is 0 Å². The zero-order valence-corrected chi connectivity index (χ0v) is 12.4. The number of rotatable bonds is 6. The summed E-state index contributed by atoms with van der Waals surface area (Å²) in [5.41, 5.74) is 7.01. The van der Waals surface area contributed by atoms with Gasteiger partial charge in [0.15, 0.2) is 0 Å². The van der Waals surface area contributed by atoms with E-state index in [1.165, 1.54) is 0 Å². The van der Waals surface area contributed by atoms with Gasteiger partial charge in [-0.05, 0) is 44.5 Å². The third-order valence-corrected chi connectivity index (χ3v) is 3.09. The quantitative estimate of drug-likeness (QED) is 0.825. The van der Waals surface area contributed by atoms with E-state index in [1.54, 1.807) is 0 Å². The van der Waals surface area contributed by atoms with Crippen LogP contribution in [0.2, 0.25) is 0 Å². The fourth-order valence-corrected chi connectivity index (χ4v) is 1.76. The zero-order chi connectivity index (χ0) is 14.5. The summed E-state index contributed by atoms with van der Waals surface area (Å²) in [5, 5.41) is 2.92. The van der Waals surface area contributed by atoms with Crippen molar-refractivity contribution in [3.8, 4) is 0 Å². The number of nitrogens with one attached hydrogen (secondary N) is 1. The standard InChI is InChI=1S/C15H25N3O/c1-5-10-18(4)13-8-6-12(7-9-13)14(19)17-15(2,3)11-16/h6-9H,5,10-11,16H2,1-4H3,(H,17,19). The fraction of sp³-hybridized carbons (Fsp3) is 0.533. The van der Waals surface area contributed by atoms with Gasteiger partial charge in [-0.3, -0.25) is 4.79 Å². The number of amides is 1. The predicted octanol–water partition coefficient (Wildman–Crippen LogP) is 2.00. The second-order valence-electron chi connectivity index (χ2n) is 5.51. The Kier molecular flexibility index (Phi) is 5.36. The van der Waals surface area contributed by atoms with Gasteiger partial charge in [-0.15, -0.1) is 0 Å². The molecule has 1 aromatic rings. The van der Waals surface area contributed by atoms with Crippen LogP contribution in [0.1, 0.15) is 37.6 Å². The van der Waals surface area contributed by atoms with E-state index in [0.717, 1.165) is 18.7 Å². The van der Waals surface area contributed by atoms with Crippen LogP contribution in [0.4, 0.5) is 5.69 Å². The molecule has 0 unspecified atom stereocenters. The minimum Gasteiger partial charge on any atom is -0.375 e. The monoisotopic (exact) mass is 263 g/mol. The third kappa shape index (κ3) is 4.56. The number of hydrogen-bond acceptors (Lipinski definition) is 3. The van der Waals surface area contributed by atoms with Gasteiger partial charge < -0.3 is 16.0 Å². The molecule has 0 saturated heterocycles. The lowest BCUT2D eigenvalue weighted by Crippen LogP contribution is -2.48. The molecule has 0 radical (unpaired) electrons. The van der Waals surface area contributed by atoms with Crippen LogP contribution in [0.3, 0.4) is 0 Å². The Labute approximate surface area is 116 Å². The molecule has 0 aliphatic rings. The van der Waals surface area contributed by atoms with Crippen molar-refractivity contribution < 1.29 is 4.79 Å². The van der Waals surface area contributed by atoms with Crippen molar-refractivity contribution in [2.24, 2.45) is 5.73 Å². The minimum atomic E-state index is -0.380. The molecule has 19 heavy (non-hydrogen) atoms. The molecule has 0 saturated carbocycles. The van der Waals surface area contributed by atoms with Crippen LogP contribution in [0.25, 0.3) is 0 Å². The van der Waals surface area contributed by atoms with E-state index in [1.807, 2.05) is 38.1 Å². The molecule has 0 bridgehead atoms. The van der Waals surface area contributed by atoms with E-state index >= 15 is 0 Å². The number of carbonyl (C=O) groups excluding carboxylic acids is 1. The normalized spacial score (nSPS) is 11.2. The summed E-state index contributed by atoms with van der Waals surface area (Å²) >= 11 is 0. The Morgan fingerprint density at radius 3 is 2.37 bits per heavy atom.